The Labute approximate surface area is 161 Å². The van der Waals surface area contributed by atoms with Gasteiger partial charge >= 0.3 is 5.97 Å². The third-order valence-electron chi connectivity index (χ3n) is 4.46. The zero-order valence-electron chi connectivity index (χ0n) is 15.8. The molecule has 1 aromatic rings. The van der Waals surface area contributed by atoms with Gasteiger partial charge in [-0.3, -0.25) is 9.59 Å². The Kier molecular flexibility index (Phi) is 8.57. The van der Waals surface area contributed by atoms with Crippen molar-refractivity contribution in [1.82, 2.24) is 5.32 Å². The van der Waals surface area contributed by atoms with Crippen molar-refractivity contribution in [3.05, 3.63) is 23.8 Å². The summed E-state index contributed by atoms with van der Waals surface area (Å²) >= 11 is 0. The molecule has 1 aliphatic rings. The van der Waals surface area contributed by atoms with E-state index in [0.29, 0.717) is 17.9 Å². The van der Waals surface area contributed by atoms with Crippen LogP contribution in [0.5, 0.6) is 11.5 Å². The van der Waals surface area contributed by atoms with Gasteiger partial charge in [0.2, 0.25) is 0 Å². The molecule has 0 heterocycles. The van der Waals surface area contributed by atoms with E-state index in [2.05, 4.69) is 5.32 Å². The third-order valence-corrected chi connectivity index (χ3v) is 4.46. The highest BCUT2D eigenvalue weighted by molar-refractivity contribution is 5.98. The highest BCUT2D eigenvalue weighted by Gasteiger charge is 2.20. The van der Waals surface area contributed by atoms with Gasteiger partial charge in [-0.25, -0.2) is 0 Å². The Bertz CT molecular complexity index is 619. The van der Waals surface area contributed by atoms with E-state index in [-0.39, 0.29) is 47.7 Å². The number of halogens is 1. The molecule has 2 rings (SSSR count). The van der Waals surface area contributed by atoms with Gasteiger partial charge in [0.15, 0.2) is 17.3 Å². The molecule has 1 saturated carbocycles. The van der Waals surface area contributed by atoms with Crippen LogP contribution in [0.3, 0.4) is 0 Å². The number of rotatable bonds is 6. The highest BCUT2D eigenvalue weighted by atomic mass is 35.5. The number of ether oxygens (including phenoxy) is 1. The lowest BCUT2D eigenvalue weighted by molar-refractivity contribution is -0.135. The zero-order valence-corrected chi connectivity index (χ0v) is 16.7. The van der Waals surface area contributed by atoms with Crippen LogP contribution >= 0.6 is 12.4 Å². The molecule has 0 atom stereocenters. The SMILES string of the molecule is CC(C)(C)NCC(=O)c1ccc(OC(=O)CC2CCCCC2)c(O)c1.Cl. The molecule has 5 nitrogen and oxygen atoms in total. The Hall–Kier alpha value is -1.59. The number of Topliss-reactive ketones (excluding diaryl/α,β-unsaturated/α-hetero) is 1. The van der Waals surface area contributed by atoms with Gasteiger partial charge in [0.1, 0.15) is 0 Å². The van der Waals surface area contributed by atoms with Crippen molar-refractivity contribution < 1.29 is 19.4 Å². The molecular weight excluding hydrogens is 354 g/mol. The van der Waals surface area contributed by atoms with Gasteiger partial charge in [-0.2, -0.15) is 0 Å². The molecule has 1 aliphatic carbocycles. The number of ketones is 1. The van der Waals surface area contributed by atoms with Gasteiger partial charge in [-0.1, -0.05) is 19.3 Å². The molecule has 0 aromatic heterocycles. The van der Waals surface area contributed by atoms with Crippen LogP contribution in [-0.4, -0.2) is 28.9 Å². The Morgan fingerprint density at radius 1 is 1.19 bits per heavy atom. The summed E-state index contributed by atoms with van der Waals surface area (Å²) in [6, 6.07) is 4.42. The number of aromatic hydroxyl groups is 1. The maximum absolute atomic E-state index is 12.2. The lowest BCUT2D eigenvalue weighted by Gasteiger charge is -2.20. The predicted molar refractivity (Wildman–Crippen MR) is 104 cm³/mol. The monoisotopic (exact) mass is 383 g/mol. The maximum atomic E-state index is 12.2. The number of nitrogens with one attached hydrogen (secondary N) is 1. The quantitative estimate of drug-likeness (QED) is 0.436. The van der Waals surface area contributed by atoms with Crippen LogP contribution in [0, 0.1) is 5.92 Å². The van der Waals surface area contributed by atoms with Crippen LogP contribution in [0.1, 0.15) is 69.7 Å². The number of esters is 1. The van der Waals surface area contributed by atoms with Crippen LogP contribution in [0.4, 0.5) is 0 Å². The average molecular weight is 384 g/mol. The maximum Gasteiger partial charge on any atom is 0.311 e. The molecule has 0 bridgehead atoms. The van der Waals surface area contributed by atoms with Crippen molar-refractivity contribution >= 4 is 24.2 Å². The first kappa shape index (κ1) is 22.5. The van der Waals surface area contributed by atoms with Gasteiger partial charge in [-0.15, -0.1) is 12.4 Å². The van der Waals surface area contributed by atoms with E-state index in [0.717, 1.165) is 12.8 Å². The first-order valence-corrected chi connectivity index (χ1v) is 9.06. The molecular formula is C20H30ClNO4. The summed E-state index contributed by atoms with van der Waals surface area (Å²) in [7, 11) is 0. The predicted octanol–water partition coefficient (Wildman–Crippen LogP) is 4.26. The minimum absolute atomic E-state index is 0. The van der Waals surface area contributed by atoms with E-state index in [9.17, 15) is 14.7 Å². The van der Waals surface area contributed by atoms with Gasteiger partial charge in [0.25, 0.3) is 0 Å². The molecule has 0 spiro atoms. The minimum atomic E-state index is -0.323. The van der Waals surface area contributed by atoms with Gasteiger partial charge in [0, 0.05) is 17.5 Å². The summed E-state index contributed by atoms with van der Waals surface area (Å²) in [5.41, 5.74) is 0.230. The second-order valence-electron chi connectivity index (χ2n) is 7.89. The third kappa shape index (κ3) is 7.34. The number of benzene rings is 1. The average Bonchev–Trinajstić information content (AvgIpc) is 2.54. The number of hydrogen-bond acceptors (Lipinski definition) is 5. The first-order valence-electron chi connectivity index (χ1n) is 9.06. The fraction of sp³-hybridized carbons (Fsp3) is 0.600. The van der Waals surface area contributed by atoms with E-state index in [1.54, 1.807) is 6.07 Å². The van der Waals surface area contributed by atoms with E-state index in [4.69, 9.17) is 4.74 Å². The standard InChI is InChI=1S/C20H29NO4.ClH/c1-20(2,3)21-13-17(23)15-9-10-18(16(22)12-15)25-19(24)11-14-7-5-4-6-8-14;/h9-10,12,14,21-22H,4-8,11,13H2,1-3H3;1H. The zero-order chi connectivity index (χ0) is 18.4. The fourth-order valence-electron chi connectivity index (χ4n) is 3.02. The second kappa shape index (κ2) is 9.93. The Morgan fingerprint density at radius 3 is 2.42 bits per heavy atom. The topological polar surface area (TPSA) is 75.6 Å². The van der Waals surface area contributed by atoms with Gasteiger partial charge < -0.3 is 15.2 Å². The van der Waals surface area contributed by atoms with Crippen LogP contribution < -0.4 is 10.1 Å². The van der Waals surface area contributed by atoms with Crippen molar-refractivity contribution in [2.45, 2.75) is 64.8 Å². The number of hydrogen-bond donors (Lipinski definition) is 2. The molecule has 26 heavy (non-hydrogen) atoms. The van der Waals surface area contributed by atoms with Crippen molar-refractivity contribution in [2.24, 2.45) is 5.92 Å². The smallest absolute Gasteiger partial charge is 0.311 e. The molecule has 0 aliphatic heterocycles. The van der Waals surface area contributed by atoms with Crippen molar-refractivity contribution in [2.75, 3.05) is 6.54 Å². The molecule has 146 valence electrons. The molecule has 0 saturated heterocycles. The summed E-state index contributed by atoms with van der Waals surface area (Å²) in [6.45, 7) is 6.12. The first-order chi connectivity index (χ1) is 11.7. The second-order valence-corrected chi connectivity index (χ2v) is 7.89. The molecule has 1 aromatic carbocycles. The van der Waals surface area contributed by atoms with Gasteiger partial charge in [0.05, 0.1) is 6.54 Å². The molecule has 2 N–H and O–H groups in total. The summed E-state index contributed by atoms with van der Waals surface area (Å²) in [5, 5.41) is 13.2. The summed E-state index contributed by atoms with van der Waals surface area (Å²) in [6.07, 6.45) is 6.09. The minimum Gasteiger partial charge on any atom is -0.504 e. The lowest BCUT2D eigenvalue weighted by atomic mass is 9.87. The van der Waals surface area contributed by atoms with Crippen molar-refractivity contribution in [3.8, 4) is 11.5 Å². The van der Waals surface area contributed by atoms with E-state index >= 15 is 0 Å². The van der Waals surface area contributed by atoms with Crippen LogP contribution in [-0.2, 0) is 4.79 Å². The van der Waals surface area contributed by atoms with E-state index in [1.807, 2.05) is 20.8 Å². The number of carbonyl (C=O) groups is 2. The molecule has 0 unspecified atom stereocenters. The van der Waals surface area contributed by atoms with Crippen LogP contribution in [0.2, 0.25) is 0 Å². The molecule has 0 radical (unpaired) electrons. The largest absolute Gasteiger partial charge is 0.504 e. The van der Waals surface area contributed by atoms with Gasteiger partial charge in [-0.05, 0) is 57.7 Å². The van der Waals surface area contributed by atoms with Crippen LogP contribution in [0.25, 0.3) is 0 Å². The summed E-state index contributed by atoms with van der Waals surface area (Å²) < 4.78 is 5.28. The fourth-order valence-corrected chi connectivity index (χ4v) is 3.02. The number of phenolic OH excluding ortho intramolecular Hbond substituents is 1. The number of carbonyl (C=O) groups excluding carboxylic acids is 2. The normalized spacial score (nSPS) is 15.2. The van der Waals surface area contributed by atoms with E-state index < -0.39 is 0 Å². The number of phenols is 1. The Morgan fingerprint density at radius 2 is 1.85 bits per heavy atom. The van der Waals surface area contributed by atoms with Crippen molar-refractivity contribution in [1.29, 1.82) is 0 Å². The summed E-state index contributed by atoms with van der Waals surface area (Å²) in [4.78, 5) is 24.2. The summed E-state index contributed by atoms with van der Waals surface area (Å²) in [5.74, 6) is -0.131. The Balaban J connectivity index is 0.00000338. The highest BCUT2D eigenvalue weighted by Crippen LogP contribution is 2.30. The molecule has 1 fully saturated rings. The van der Waals surface area contributed by atoms with E-state index in [1.165, 1.54) is 31.4 Å². The molecule has 0 amide bonds. The van der Waals surface area contributed by atoms with Crippen LogP contribution in [0.15, 0.2) is 18.2 Å². The molecule has 6 heteroatoms. The lowest BCUT2D eigenvalue weighted by Crippen LogP contribution is -2.39. The van der Waals surface area contributed by atoms with Crippen molar-refractivity contribution in [3.63, 3.8) is 0 Å².